The lowest BCUT2D eigenvalue weighted by Gasteiger charge is -2.26. The molecule has 0 spiro atoms. The van der Waals surface area contributed by atoms with Crippen molar-refractivity contribution in [3.63, 3.8) is 0 Å². The van der Waals surface area contributed by atoms with Crippen LogP contribution in [0, 0.1) is 5.92 Å². The minimum absolute atomic E-state index is 0.569. The molecule has 0 saturated heterocycles. The van der Waals surface area contributed by atoms with Crippen LogP contribution in [-0.4, -0.2) is 31.8 Å². The SMILES string of the molecule is CCC(CC)C(CNCCOC)c1ccncc1. The van der Waals surface area contributed by atoms with Crippen LogP contribution in [0.1, 0.15) is 38.2 Å². The highest BCUT2D eigenvalue weighted by atomic mass is 16.5. The summed E-state index contributed by atoms with van der Waals surface area (Å²) in [5, 5.41) is 3.49. The zero-order chi connectivity index (χ0) is 13.2. The smallest absolute Gasteiger partial charge is 0.0587 e. The van der Waals surface area contributed by atoms with Gasteiger partial charge in [0.25, 0.3) is 0 Å². The van der Waals surface area contributed by atoms with E-state index in [4.69, 9.17) is 4.74 Å². The van der Waals surface area contributed by atoms with Gasteiger partial charge in [-0.1, -0.05) is 26.7 Å². The van der Waals surface area contributed by atoms with Crippen molar-refractivity contribution in [3.05, 3.63) is 30.1 Å². The Kier molecular flexibility index (Phi) is 7.62. The summed E-state index contributed by atoms with van der Waals surface area (Å²) < 4.78 is 5.07. The molecule has 1 rings (SSSR count). The van der Waals surface area contributed by atoms with Gasteiger partial charge in [-0.3, -0.25) is 4.98 Å². The molecule has 0 saturated carbocycles. The molecule has 0 aliphatic carbocycles. The van der Waals surface area contributed by atoms with Crippen molar-refractivity contribution in [2.24, 2.45) is 5.92 Å². The first-order valence-electron chi connectivity index (χ1n) is 6.93. The van der Waals surface area contributed by atoms with Crippen molar-refractivity contribution < 1.29 is 4.74 Å². The Hall–Kier alpha value is -0.930. The number of pyridine rings is 1. The van der Waals surface area contributed by atoms with E-state index in [1.54, 1.807) is 7.11 Å². The Morgan fingerprint density at radius 2 is 1.89 bits per heavy atom. The quantitative estimate of drug-likeness (QED) is 0.684. The minimum Gasteiger partial charge on any atom is -0.383 e. The molecule has 0 fully saturated rings. The zero-order valence-electron chi connectivity index (χ0n) is 11.9. The van der Waals surface area contributed by atoms with E-state index in [2.05, 4.69) is 36.3 Å². The second kappa shape index (κ2) is 9.06. The molecule has 1 atom stereocenters. The molecule has 1 N–H and O–H groups in total. The average molecular weight is 250 g/mol. The van der Waals surface area contributed by atoms with E-state index in [1.807, 2.05) is 12.4 Å². The average Bonchev–Trinajstić information content (AvgIpc) is 2.43. The van der Waals surface area contributed by atoms with Gasteiger partial charge in [-0.25, -0.2) is 0 Å². The van der Waals surface area contributed by atoms with E-state index in [1.165, 1.54) is 18.4 Å². The van der Waals surface area contributed by atoms with Gasteiger partial charge >= 0.3 is 0 Å². The summed E-state index contributed by atoms with van der Waals surface area (Å²) in [7, 11) is 1.74. The van der Waals surface area contributed by atoms with Gasteiger partial charge in [0.1, 0.15) is 0 Å². The molecule has 18 heavy (non-hydrogen) atoms. The van der Waals surface area contributed by atoms with Crippen LogP contribution >= 0.6 is 0 Å². The molecule has 1 unspecified atom stereocenters. The van der Waals surface area contributed by atoms with Crippen molar-refractivity contribution in [2.45, 2.75) is 32.6 Å². The lowest BCUT2D eigenvalue weighted by Crippen LogP contribution is -2.28. The van der Waals surface area contributed by atoms with Gasteiger partial charge in [0, 0.05) is 32.6 Å². The Bertz CT molecular complexity index is 299. The van der Waals surface area contributed by atoms with Crippen molar-refractivity contribution in [3.8, 4) is 0 Å². The summed E-state index contributed by atoms with van der Waals surface area (Å²) in [6, 6.07) is 4.28. The first-order chi connectivity index (χ1) is 8.83. The summed E-state index contributed by atoms with van der Waals surface area (Å²) in [6.45, 7) is 7.25. The molecule has 3 nitrogen and oxygen atoms in total. The topological polar surface area (TPSA) is 34.1 Å². The van der Waals surface area contributed by atoms with Crippen LogP contribution in [0.3, 0.4) is 0 Å². The maximum Gasteiger partial charge on any atom is 0.0587 e. The normalized spacial score (nSPS) is 12.9. The Labute approximate surface area is 111 Å². The highest BCUT2D eigenvalue weighted by Crippen LogP contribution is 2.28. The minimum atomic E-state index is 0.569. The van der Waals surface area contributed by atoms with Gasteiger partial charge in [-0.05, 0) is 29.5 Å². The van der Waals surface area contributed by atoms with Crippen LogP contribution in [0.4, 0.5) is 0 Å². The van der Waals surface area contributed by atoms with Gasteiger partial charge in [0.15, 0.2) is 0 Å². The van der Waals surface area contributed by atoms with Crippen molar-refractivity contribution >= 4 is 0 Å². The number of aromatic nitrogens is 1. The fourth-order valence-electron chi connectivity index (χ4n) is 2.46. The third-order valence-electron chi connectivity index (χ3n) is 3.60. The number of nitrogens with zero attached hydrogens (tertiary/aromatic N) is 1. The van der Waals surface area contributed by atoms with Crippen molar-refractivity contribution in [2.75, 3.05) is 26.8 Å². The Morgan fingerprint density at radius 3 is 2.44 bits per heavy atom. The maximum atomic E-state index is 5.07. The van der Waals surface area contributed by atoms with Gasteiger partial charge in [-0.15, -0.1) is 0 Å². The highest BCUT2D eigenvalue weighted by molar-refractivity contribution is 5.17. The third-order valence-corrected chi connectivity index (χ3v) is 3.60. The molecular weight excluding hydrogens is 224 g/mol. The predicted octanol–water partition coefficient (Wildman–Crippen LogP) is 2.84. The lowest BCUT2D eigenvalue weighted by molar-refractivity contribution is 0.197. The summed E-state index contributed by atoms with van der Waals surface area (Å²) >= 11 is 0. The molecule has 1 aromatic rings. The first kappa shape index (κ1) is 15.1. The van der Waals surface area contributed by atoms with Gasteiger partial charge in [0.2, 0.25) is 0 Å². The summed E-state index contributed by atoms with van der Waals surface area (Å²) in [5.41, 5.74) is 1.39. The summed E-state index contributed by atoms with van der Waals surface area (Å²) in [6.07, 6.45) is 6.21. The summed E-state index contributed by atoms with van der Waals surface area (Å²) in [4.78, 5) is 4.11. The van der Waals surface area contributed by atoms with E-state index < -0.39 is 0 Å². The molecule has 0 radical (unpaired) electrons. The number of methoxy groups -OCH3 is 1. The van der Waals surface area contributed by atoms with Crippen LogP contribution in [0.15, 0.2) is 24.5 Å². The van der Waals surface area contributed by atoms with Crippen molar-refractivity contribution in [1.29, 1.82) is 0 Å². The Morgan fingerprint density at radius 1 is 1.22 bits per heavy atom. The molecule has 0 amide bonds. The lowest BCUT2D eigenvalue weighted by atomic mass is 9.83. The number of hydrogen-bond donors (Lipinski definition) is 1. The van der Waals surface area contributed by atoms with Crippen LogP contribution in [-0.2, 0) is 4.74 Å². The second-order valence-electron chi connectivity index (χ2n) is 4.66. The van der Waals surface area contributed by atoms with E-state index in [-0.39, 0.29) is 0 Å². The first-order valence-corrected chi connectivity index (χ1v) is 6.93. The molecule has 3 heteroatoms. The Balaban J connectivity index is 2.63. The van der Waals surface area contributed by atoms with Crippen LogP contribution in [0.5, 0.6) is 0 Å². The third kappa shape index (κ3) is 4.75. The van der Waals surface area contributed by atoms with Gasteiger partial charge < -0.3 is 10.1 Å². The summed E-state index contributed by atoms with van der Waals surface area (Å²) in [5.74, 6) is 1.29. The molecule has 1 aromatic heterocycles. The molecular formula is C15H26N2O. The predicted molar refractivity (Wildman–Crippen MR) is 75.8 cm³/mol. The van der Waals surface area contributed by atoms with Crippen LogP contribution in [0.25, 0.3) is 0 Å². The number of ether oxygens (including phenoxy) is 1. The van der Waals surface area contributed by atoms with Gasteiger partial charge in [0.05, 0.1) is 6.61 Å². The number of rotatable bonds is 9. The fourth-order valence-corrected chi connectivity index (χ4v) is 2.46. The maximum absolute atomic E-state index is 5.07. The molecule has 0 aliphatic heterocycles. The van der Waals surface area contributed by atoms with Crippen LogP contribution in [0.2, 0.25) is 0 Å². The van der Waals surface area contributed by atoms with E-state index in [9.17, 15) is 0 Å². The molecule has 0 aromatic carbocycles. The largest absolute Gasteiger partial charge is 0.383 e. The van der Waals surface area contributed by atoms with E-state index >= 15 is 0 Å². The molecule has 102 valence electrons. The number of nitrogens with one attached hydrogen (secondary N) is 1. The standard InChI is InChI=1S/C15H26N2O/c1-4-13(5-2)15(12-17-10-11-18-3)14-6-8-16-9-7-14/h6-9,13,15,17H,4-5,10-12H2,1-3H3. The fraction of sp³-hybridized carbons (Fsp3) is 0.667. The van der Waals surface area contributed by atoms with Gasteiger partial charge in [-0.2, -0.15) is 0 Å². The molecule has 1 heterocycles. The van der Waals surface area contributed by atoms with Crippen LogP contribution < -0.4 is 5.32 Å². The molecule has 0 bridgehead atoms. The zero-order valence-corrected chi connectivity index (χ0v) is 11.9. The van der Waals surface area contributed by atoms with E-state index in [0.717, 1.165) is 25.6 Å². The van der Waals surface area contributed by atoms with E-state index in [0.29, 0.717) is 5.92 Å². The highest BCUT2D eigenvalue weighted by Gasteiger charge is 2.19. The molecule has 0 aliphatic rings. The monoisotopic (exact) mass is 250 g/mol. The van der Waals surface area contributed by atoms with Crippen molar-refractivity contribution in [1.82, 2.24) is 10.3 Å². The second-order valence-corrected chi connectivity index (χ2v) is 4.66. The number of hydrogen-bond acceptors (Lipinski definition) is 3.